The van der Waals surface area contributed by atoms with Crippen LogP contribution in [0.5, 0.6) is 0 Å². The van der Waals surface area contributed by atoms with Gasteiger partial charge in [0.1, 0.15) is 12.7 Å². The van der Waals surface area contributed by atoms with Crippen molar-refractivity contribution >= 4 is 11.6 Å². The van der Waals surface area contributed by atoms with Crippen molar-refractivity contribution in [2.24, 2.45) is 0 Å². The fourth-order valence-corrected chi connectivity index (χ4v) is 1.18. The summed E-state index contributed by atoms with van der Waals surface area (Å²) >= 11 is 0. The van der Waals surface area contributed by atoms with Gasteiger partial charge in [-0.1, -0.05) is 6.07 Å². The lowest BCUT2D eigenvalue weighted by Gasteiger charge is -2.07. The number of ether oxygens (including phenoxy) is 1. The van der Waals surface area contributed by atoms with Gasteiger partial charge in [-0.15, -0.1) is 0 Å². The van der Waals surface area contributed by atoms with Gasteiger partial charge in [0, 0.05) is 7.11 Å². The molecule has 4 heteroatoms. The van der Waals surface area contributed by atoms with Gasteiger partial charge < -0.3 is 10.1 Å². The summed E-state index contributed by atoms with van der Waals surface area (Å²) in [7, 11) is 1.45. The number of carbonyl (C=O) groups is 1. The Morgan fingerprint density at radius 3 is 2.93 bits per heavy atom. The number of hydrogen-bond acceptors (Lipinski definition) is 3. The summed E-state index contributed by atoms with van der Waals surface area (Å²) in [6, 6.07) is 7.27. The molecule has 0 fully saturated rings. The van der Waals surface area contributed by atoms with Gasteiger partial charge in [0.15, 0.2) is 0 Å². The van der Waals surface area contributed by atoms with Crippen LogP contribution in [0.15, 0.2) is 18.2 Å². The third-order valence-corrected chi connectivity index (χ3v) is 1.85. The van der Waals surface area contributed by atoms with E-state index in [-0.39, 0.29) is 12.5 Å². The van der Waals surface area contributed by atoms with E-state index in [9.17, 15) is 4.79 Å². The first kappa shape index (κ1) is 11.2. The van der Waals surface area contributed by atoms with Gasteiger partial charge in [-0.2, -0.15) is 5.26 Å². The van der Waals surface area contributed by atoms with Crippen molar-refractivity contribution in [1.29, 1.82) is 5.26 Å². The number of hydrogen-bond donors (Lipinski definition) is 1. The van der Waals surface area contributed by atoms with Gasteiger partial charge in [0.2, 0.25) is 5.91 Å². The van der Waals surface area contributed by atoms with Gasteiger partial charge >= 0.3 is 0 Å². The largest absolute Gasteiger partial charge is 0.375 e. The van der Waals surface area contributed by atoms with Gasteiger partial charge in [-0.3, -0.25) is 4.79 Å². The molecule has 1 aromatic rings. The zero-order chi connectivity index (χ0) is 11.3. The molecule has 0 unspecified atom stereocenters. The third kappa shape index (κ3) is 3.08. The minimum absolute atomic E-state index is 0.0151. The maximum atomic E-state index is 11.2. The molecular formula is C11H12N2O2. The molecule has 0 radical (unpaired) electrons. The zero-order valence-electron chi connectivity index (χ0n) is 8.70. The molecule has 0 aliphatic heterocycles. The van der Waals surface area contributed by atoms with Crippen LogP contribution < -0.4 is 5.32 Å². The molecule has 1 aromatic carbocycles. The van der Waals surface area contributed by atoms with Crippen molar-refractivity contribution in [2.75, 3.05) is 19.0 Å². The standard InChI is InChI=1S/C11H12N2O2/c1-8-3-4-9(6-12)10(5-8)13-11(14)7-15-2/h3-5H,7H2,1-2H3,(H,13,14). The Bertz CT molecular complexity index is 408. The van der Waals surface area contributed by atoms with E-state index < -0.39 is 0 Å². The lowest BCUT2D eigenvalue weighted by atomic mass is 10.1. The number of amides is 1. The smallest absolute Gasteiger partial charge is 0.250 e. The summed E-state index contributed by atoms with van der Waals surface area (Å²) in [6.45, 7) is 1.88. The summed E-state index contributed by atoms with van der Waals surface area (Å²) in [5, 5.41) is 11.4. The Morgan fingerprint density at radius 1 is 1.60 bits per heavy atom. The Kier molecular flexibility index (Phi) is 3.83. The highest BCUT2D eigenvalue weighted by Gasteiger charge is 2.06. The van der Waals surface area contributed by atoms with E-state index in [4.69, 9.17) is 5.26 Å². The van der Waals surface area contributed by atoms with E-state index in [1.165, 1.54) is 7.11 Å². The third-order valence-electron chi connectivity index (χ3n) is 1.85. The minimum atomic E-state index is -0.264. The molecule has 1 N–H and O–H groups in total. The summed E-state index contributed by atoms with van der Waals surface area (Å²) in [5.74, 6) is -0.264. The number of carbonyl (C=O) groups excluding carboxylic acids is 1. The SMILES string of the molecule is COCC(=O)Nc1cc(C)ccc1C#N. The number of nitrogens with zero attached hydrogens (tertiary/aromatic N) is 1. The molecule has 15 heavy (non-hydrogen) atoms. The molecule has 0 aliphatic carbocycles. The maximum absolute atomic E-state index is 11.2. The molecular weight excluding hydrogens is 192 g/mol. The molecule has 0 aliphatic rings. The Hall–Kier alpha value is -1.86. The number of nitrogens with one attached hydrogen (secondary N) is 1. The molecule has 0 aromatic heterocycles. The lowest BCUT2D eigenvalue weighted by Crippen LogP contribution is -2.17. The molecule has 0 atom stereocenters. The first-order chi connectivity index (χ1) is 7.17. The van der Waals surface area contributed by atoms with Crippen LogP contribution in [0.1, 0.15) is 11.1 Å². The molecule has 78 valence electrons. The number of methoxy groups -OCH3 is 1. The second-order valence-corrected chi connectivity index (χ2v) is 3.14. The van der Waals surface area contributed by atoms with Crippen molar-refractivity contribution in [1.82, 2.24) is 0 Å². The molecule has 0 bridgehead atoms. The molecule has 0 saturated carbocycles. The highest BCUT2D eigenvalue weighted by atomic mass is 16.5. The fourth-order valence-electron chi connectivity index (χ4n) is 1.18. The monoisotopic (exact) mass is 204 g/mol. The highest BCUT2D eigenvalue weighted by molar-refractivity contribution is 5.93. The predicted octanol–water partition coefficient (Wildman–Crippen LogP) is 1.45. The molecule has 0 spiro atoms. The Balaban J connectivity index is 2.88. The average Bonchev–Trinajstić information content (AvgIpc) is 2.18. The van der Waals surface area contributed by atoms with Crippen molar-refractivity contribution in [3.8, 4) is 6.07 Å². The average molecular weight is 204 g/mol. The number of benzene rings is 1. The summed E-state index contributed by atoms with van der Waals surface area (Å²) in [4.78, 5) is 11.2. The Labute approximate surface area is 88.5 Å². The normalized spacial score (nSPS) is 9.40. The quantitative estimate of drug-likeness (QED) is 0.810. The molecule has 4 nitrogen and oxygen atoms in total. The summed E-state index contributed by atoms with van der Waals surface area (Å²) < 4.78 is 4.68. The predicted molar refractivity (Wildman–Crippen MR) is 56.4 cm³/mol. The molecule has 1 rings (SSSR count). The van der Waals surface area contributed by atoms with Crippen LogP contribution in [-0.4, -0.2) is 19.6 Å². The van der Waals surface area contributed by atoms with Crippen molar-refractivity contribution < 1.29 is 9.53 Å². The molecule has 0 saturated heterocycles. The Morgan fingerprint density at radius 2 is 2.33 bits per heavy atom. The van der Waals surface area contributed by atoms with Crippen LogP contribution in [0.2, 0.25) is 0 Å². The van der Waals surface area contributed by atoms with Gasteiger partial charge in [-0.05, 0) is 24.6 Å². The van der Waals surface area contributed by atoms with Crippen molar-refractivity contribution in [2.45, 2.75) is 6.92 Å². The van der Waals surface area contributed by atoms with Crippen LogP contribution in [0.4, 0.5) is 5.69 Å². The van der Waals surface area contributed by atoms with E-state index in [1.807, 2.05) is 19.1 Å². The van der Waals surface area contributed by atoms with Crippen LogP contribution in [0.3, 0.4) is 0 Å². The first-order valence-electron chi connectivity index (χ1n) is 4.47. The number of anilines is 1. The number of rotatable bonds is 3. The fraction of sp³-hybridized carbons (Fsp3) is 0.273. The minimum Gasteiger partial charge on any atom is -0.375 e. The van der Waals surface area contributed by atoms with E-state index in [0.717, 1.165) is 5.56 Å². The maximum Gasteiger partial charge on any atom is 0.250 e. The van der Waals surface area contributed by atoms with Crippen LogP contribution in [-0.2, 0) is 9.53 Å². The second kappa shape index (κ2) is 5.13. The molecule has 0 heterocycles. The van der Waals surface area contributed by atoms with E-state index in [0.29, 0.717) is 11.3 Å². The summed E-state index contributed by atoms with van der Waals surface area (Å²) in [6.07, 6.45) is 0. The van der Waals surface area contributed by atoms with Gasteiger partial charge in [0.25, 0.3) is 0 Å². The van der Waals surface area contributed by atoms with E-state index in [1.54, 1.807) is 12.1 Å². The highest BCUT2D eigenvalue weighted by Crippen LogP contribution is 2.16. The van der Waals surface area contributed by atoms with Crippen LogP contribution >= 0.6 is 0 Å². The van der Waals surface area contributed by atoms with Crippen molar-refractivity contribution in [3.05, 3.63) is 29.3 Å². The van der Waals surface area contributed by atoms with Crippen LogP contribution in [0.25, 0.3) is 0 Å². The van der Waals surface area contributed by atoms with E-state index in [2.05, 4.69) is 10.1 Å². The summed E-state index contributed by atoms with van der Waals surface area (Å²) in [5.41, 5.74) is 1.96. The number of aryl methyl sites for hydroxylation is 1. The molecule has 1 amide bonds. The van der Waals surface area contributed by atoms with Crippen molar-refractivity contribution in [3.63, 3.8) is 0 Å². The van der Waals surface area contributed by atoms with Gasteiger partial charge in [-0.25, -0.2) is 0 Å². The topological polar surface area (TPSA) is 62.1 Å². The lowest BCUT2D eigenvalue weighted by molar-refractivity contribution is -0.119. The second-order valence-electron chi connectivity index (χ2n) is 3.14. The van der Waals surface area contributed by atoms with E-state index >= 15 is 0 Å². The zero-order valence-corrected chi connectivity index (χ0v) is 8.70. The van der Waals surface area contributed by atoms with Crippen LogP contribution in [0, 0.1) is 18.3 Å². The number of nitriles is 1. The first-order valence-corrected chi connectivity index (χ1v) is 4.47. The van der Waals surface area contributed by atoms with Gasteiger partial charge in [0.05, 0.1) is 11.3 Å².